The van der Waals surface area contributed by atoms with Gasteiger partial charge >= 0.3 is 0 Å². The first-order valence-corrected chi connectivity index (χ1v) is 4.26. The molecule has 1 heterocycles. The molecule has 0 saturated heterocycles. The van der Waals surface area contributed by atoms with Crippen LogP contribution < -0.4 is 0 Å². The van der Waals surface area contributed by atoms with E-state index in [0.29, 0.717) is 5.92 Å². The van der Waals surface area contributed by atoms with E-state index in [2.05, 4.69) is 31.5 Å². The summed E-state index contributed by atoms with van der Waals surface area (Å²) in [5.74, 6) is 1.99. The summed E-state index contributed by atoms with van der Waals surface area (Å²) in [7, 11) is 0. The summed E-state index contributed by atoms with van der Waals surface area (Å²) >= 11 is 4.24. The van der Waals surface area contributed by atoms with E-state index < -0.39 is 0 Å². The Kier molecular flexibility index (Phi) is 2.60. The predicted octanol–water partition coefficient (Wildman–Crippen LogP) is 2.79. The van der Waals surface area contributed by atoms with Gasteiger partial charge in [-0.25, -0.2) is 4.98 Å². The lowest BCUT2D eigenvalue weighted by Gasteiger charge is -1.98. The molecule has 0 N–H and O–H groups in total. The molecule has 0 aliphatic rings. The summed E-state index contributed by atoms with van der Waals surface area (Å²) in [6.07, 6.45) is 1.74. The zero-order valence-corrected chi connectivity index (χ0v) is 7.93. The molecule has 1 aromatic rings. The van der Waals surface area contributed by atoms with Crippen molar-refractivity contribution < 1.29 is 4.42 Å². The zero-order valence-electron chi connectivity index (χ0n) is 7.03. The quantitative estimate of drug-likeness (QED) is 0.692. The molecular weight excluding hydrogens is 158 g/mol. The summed E-state index contributed by atoms with van der Waals surface area (Å²) in [6, 6.07) is 0. The van der Waals surface area contributed by atoms with Crippen LogP contribution in [-0.2, 0) is 0 Å². The van der Waals surface area contributed by atoms with Crippen LogP contribution in [0.25, 0.3) is 0 Å². The summed E-state index contributed by atoms with van der Waals surface area (Å²) < 4.78 is 5.42. The second-order valence-electron chi connectivity index (χ2n) is 2.93. The maximum atomic E-state index is 5.42. The second-order valence-corrected chi connectivity index (χ2v) is 3.71. The number of hydrogen-bond acceptors (Lipinski definition) is 3. The molecule has 3 heteroatoms. The number of aromatic nitrogens is 1. The summed E-state index contributed by atoms with van der Waals surface area (Å²) in [4.78, 5) is 4.12. The number of rotatable bonds is 2. The average molecular weight is 171 g/mol. The van der Waals surface area contributed by atoms with Crippen LogP contribution in [0.1, 0.15) is 43.6 Å². The van der Waals surface area contributed by atoms with Crippen LogP contribution in [-0.4, -0.2) is 4.98 Å². The fourth-order valence-corrected chi connectivity index (χ4v) is 0.880. The molecule has 0 aliphatic heterocycles. The highest BCUT2D eigenvalue weighted by atomic mass is 32.1. The molecule has 1 unspecified atom stereocenters. The van der Waals surface area contributed by atoms with Crippen LogP contribution in [0.5, 0.6) is 0 Å². The van der Waals surface area contributed by atoms with Crippen LogP contribution in [0.2, 0.25) is 0 Å². The lowest BCUT2D eigenvalue weighted by Crippen LogP contribution is -1.84. The highest BCUT2D eigenvalue weighted by molar-refractivity contribution is 7.80. The third kappa shape index (κ3) is 1.99. The van der Waals surface area contributed by atoms with E-state index in [1.54, 1.807) is 6.20 Å². The van der Waals surface area contributed by atoms with Crippen molar-refractivity contribution in [2.45, 2.75) is 31.9 Å². The van der Waals surface area contributed by atoms with Gasteiger partial charge in [0, 0.05) is 5.92 Å². The average Bonchev–Trinajstić information content (AvgIpc) is 2.33. The Morgan fingerprint density at radius 1 is 1.45 bits per heavy atom. The van der Waals surface area contributed by atoms with Gasteiger partial charge in [-0.2, -0.15) is 12.6 Å². The van der Waals surface area contributed by atoms with Crippen molar-refractivity contribution in [3.63, 3.8) is 0 Å². The normalized spacial score (nSPS) is 13.9. The van der Waals surface area contributed by atoms with Crippen LogP contribution in [0.15, 0.2) is 10.6 Å². The van der Waals surface area contributed by atoms with Gasteiger partial charge < -0.3 is 4.42 Å². The fourth-order valence-electron chi connectivity index (χ4n) is 0.761. The molecule has 0 saturated carbocycles. The van der Waals surface area contributed by atoms with Gasteiger partial charge in [0.05, 0.1) is 11.4 Å². The second kappa shape index (κ2) is 3.30. The van der Waals surface area contributed by atoms with Crippen molar-refractivity contribution in [2.75, 3.05) is 0 Å². The van der Waals surface area contributed by atoms with Crippen molar-refractivity contribution in [3.8, 4) is 0 Å². The SMILES string of the molecule is CC(C)c1ncc(C(C)S)o1. The summed E-state index contributed by atoms with van der Waals surface area (Å²) in [5.41, 5.74) is 0. The van der Waals surface area contributed by atoms with Crippen molar-refractivity contribution in [2.24, 2.45) is 0 Å². The molecule has 62 valence electrons. The number of nitrogens with zero attached hydrogens (tertiary/aromatic N) is 1. The van der Waals surface area contributed by atoms with Crippen LogP contribution >= 0.6 is 12.6 Å². The minimum Gasteiger partial charge on any atom is -0.444 e. The third-order valence-corrected chi connectivity index (χ3v) is 1.70. The molecule has 0 radical (unpaired) electrons. The van der Waals surface area contributed by atoms with E-state index in [4.69, 9.17) is 4.42 Å². The van der Waals surface area contributed by atoms with E-state index in [9.17, 15) is 0 Å². The first-order valence-electron chi connectivity index (χ1n) is 3.75. The molecule has 0 bridgehead atoms. The van der Waals surface area contributed by atoms with Gasteiger partial charge in [0.1, 0.15) is 5.76 Å². The van der Waals surface area contributed by atoms with E-state index >= 15 is 0 Å². The molecule has 1 rings (SSSR count). The molecule has 0 aliphatic carbocycles. The molecule has 0 aromatic carbocycles. The lowest BCUT2D eigenvalue weighted by atomic mass is 10.2. The largest absolute Gasteiger partial charge is 0.444 e. The maximum Gasteiger partial charge on any atom is 0.196 e. The van der Waals surface area contributed by atoms with Gasteiger partial charge in [-0.15, -0.1) is 0 Å². The van der Waals surface area contributed by atoms with Crippen molar-refractivity contribution in [1.29, 1.82) is 0 Å². The Morgan fingerprint density at radius 3 is 2.36 bits per heavy atom. The molecule has 11 heavy (non-hydrogen) atoms. The first kappa shape index (κ1) is 8.65. The van der Waals surface area contributed by atoms with Crippen molar-refractivity contribution >= 4 is 12.6 Å². The number of hydrogen-bond donors (Lipinski definition) is 1. The maximum absolute atomic E-state index is 5.42. The Labute approximate surface area is 72.4 Å². The smallest absolute Gasteiger partial charge is 0.196 e. The minimum atomic E-state index is 0.134. The minimum absolute atomic E-state index is 0.134. The Balaban J connectivity index is 2.82. The lowest BCUT2D eigenvalue weighted by molar-refractivity contribution is 0.438. The fraction of sp³-hybridized carbons (Fsp3) is 0.625. The van der Waals surface area contributed by atoms with Gasteiger partial charge in [0.25, 0.3) is 0 Å². The standard InChI is InChI=1S/C8H13NOS/c1-5(2)8-9-4-7(10-8)6(3)11/h4-6,11H,1-3H3. The topological polar surface area (TPSA) is 26.0 Å². The number of thiol groups is 1. The molecule has 0 fully saturated rings. The Bertz CT molecular complexity index is 207. The van der Waals surface area contributed by atoms with Crippen LogP contribution in [0, 0.1) is 0 Å². The Hall–Kier alpha value is -0.440. The van der Waals surface area contributed by atoms with E-state index in [1.807, 2.05) is 6.92 Å². The van der Waals surface area contributed by atoms with Crippen molar-refractivity contribution in [1.82, 2.24) is 4.98 Å². The monoisotopic (exact) mass is 171 g/mol. The molecule has 2 nitrogen and oxygen atoms in total. The van der Waals surface area contributed by atoms with E-state index in [-0.39, 0.29) is 5.25 Å². The summed E-state index contributed by atoms with van der Waals surface area (Å²) in [6.45, 7) is 6.07. The Morgan fingerprint density at radius 2 is 2.09 bits per heavy atom. The van der Waals surface area contributed by atoms with E-state index in [1.165, 1.54) is 0 Å². The van der Waals surface area contributed by atoms with Gasteiger partial charge in [-0.3, -0.25) is 0 Å². The van der Waals surface area contributed by atoms with Gasteiger partial charge in [0.15, 0.2) is 5.89 Å². The highest BCUT2D eigenvalue weighted by Crippen LogP contribution is 2.22. The molecule has 1 aromatic heterocycles. The first-order chi connectivity index (χ1) is 5.11. The zero-order chi connectivity index (χ0) is 8.43. The van der Waals surface area contributed by atoms with Crippen LogP contribution in [0.4, 0.5) is 0 Å². The molecule has 0 spiro atoms. The van der Waals surface area contributed by atoms with Crippen molar-refractivity contribution in [3.05, 3.63) is 17.8 Å². The third-order valence-electron chi connectivity index (χ3n) is 1.45. The number of oxazole rings is 1. The summed E-state index contributed by atoms with van der Waals surface area (Å²) in [5, 5.41) is 0.134. The molecular formula is C8H13NOS. The van der Waals surface area contributed by atoms with Gasteiger partial charge in [-0.05, 0) is 6.92 Å². The van der Waals surface area contributed by atoms with Gasteiger partial charge in [0.2, 0.25) is 0 Å². The van der Waals surface area contributed by atoms with Gasteiger partial charge in [-0.1, -0.05) is 13.8 Å². The highest BCUT2D eigenvalue weighted by Gasteiger charge is 2.09. The molecule has 0 amide bonds. The molecule has 1 atom stereocenters. The van der Waals surface area contributed by atoms with Crippen LogP contribution in [0.3, 0.4) is 0 Å². The van der Waals surface area contributed by atoms with E-state index in [0.717, 1.165) is 11.7 Å². The predicted molar refractivity (Wildman–Crippen MR) is 48.0 cm³/mol.